The van der Waals surface area contributed by atoms with Crippen LogP contribution in [0.3, 0.4) is 0 Å². The Morgan fingerprint density at radius 3 is 2.24 bits per heavy atom. The van der Waals surface area contributed by atoms with Crippen LogP contribution >= 0.6 is 0 Å². The van der Waals surface area contributed by atoms with E-state index in [1.54, 1.807) is 41.4 Å². The standard InChI is InChI=1S/C27H25F3N2O4S/c28-20-8-12-23(13-9-20)37(34,35)27(14-15-27)25(33)32(17-21-3-1-2-16-31-21)24(18-4-5-18)19-6-10-22(11-7-19)36-26(29)30/h1-3,6-13,16,18,24,26H,4-5,14-15,17H2. The van der Waals surface area contributed by atoms with Crippen LogP contribution in [0.25, 0.3) is 0 Å². The minimum atomic E-state index is -4.10. The molecule has 1 atom stereocenters. The van der Waals surface area contributed by atoms with Crippen LogP contribution in [-0.4, -0.2) is 35.6 Å². The van der Waals surface area contributed by atoms with Crippen LogP contribution in [0, 0.1) is 11.7 Å². The van der Waals surface area contributed by atoms with Crippen LogP contribution in [0.4, 0.5) is 13.2 Å². The monoisotopic (exact) mass is 530 g/mol. The third-order valence-electron chi connectivity index (χ3n) is 6.90. The first kappa shape index (κ1) is 25.3. The van der Waals surface area contributed by atoms with Crippen molar-refractivity contribution in [2.75, 3.05) is 0 Å². The number of hydrogen-bond acceptors (Lipinski definition) is 5. The number of amides is 1. The molecule has 1 aromatic heterocycles. The Morgan fingerprint density at radius 1 is 1.03 bits per heavy atom. The Kier molecular flexibility index (Phi) is 6.70. The maximum atomic E-state index is 14.2. The zero-order chi connectivity index (χ0) is 26.2. The first-order valence-corrected chi connectivity index (χ1v) is 13.5. The molecule has 10 heteroatoms. The molecular formula is C27H25F3N2O4S. The average molecular weight is 531 g/mol. The van der Waals surface area contributed by atoms with E-state index < -0.39 is 39.0 Å². The molecule has 0 aliphatic heterocycles. The van der Waals surface area contributed by atoms with Crippen LogP contribution in [0.5, 0.6) is 5.75 Å². The second-order valence-electron chi connectivity index (χ2n) is 9.44. The van der Waals surface area contributed by atoms with Crippen LogP contribution in [-0.2, 0) is 21.2 Å². The topological polar surface area (TPSA) is 76.6 Å². The molecule has 6 nitrogen and oxygen atoms in total. The van der Waals surface area contributed by atoms with Gasteiger partial charge in [0.2, 0.25) is 5.91 Å². The average Bonchev–Trinajstić information content (AvgIpc) is 3.80. The predicted molar refractivity (Wildman–Crippen MR) is 129 cm³/mol. The molecule has 2 fully saturated rings. The highest BCUT2D eigenvalue weighted by Gasteiger charge is 2.63. The Morgan fingerprint density at radius 2 is 1.70 bits per heavy atom. The fourth-order valence-electron chi connectivity index (χ4n) is 4.74. The molecule has 1 unspecified atom stereocenters. The minimum Gasteiger partial charge on any atom is -0.435 e. The van der Waals surface area contributed by atoms with Gasteiger partial charge >= 0.3 is 6.61 Å². The number of nitrogens with zero attached hydrogens (tertiary/aromatic N) is 2. The molecule has 2 aliphatic rings. The number of rotatable bonds is 10. The van der Waals surface area contributed by atoms with Gasteiger partial charge in [0.15, 0.2) is 14.6 Å². The van der Waals surface area contributed by atoms with Gasteiger partial charge < -0.3 is 9.64 Å². The SMILES string of the molecule is O=C(N(Cc1ccccn1)C(c1ccc(OC(F)F)cc1)C1CC1)C1(S(=O)(=O)c2ccc(F)cc2)CC1. The Labute approximate surface area is 213 Å². The lowest BCUT2D eigenvalue weighted by molar-refractivity contribution is -0.135. The van der Waals surface area contributed by atoms with Crippen LogP contribution in [0.1, 0.15) is 43.0 Å². The molecule has 0 bridgehead atoms. The molecule has 0 N–H and O–H groups in total. The van der Waals surface area contributed by atoms with Crippen molar-refractivity contribution in [3.05, 3.63) is 90.0 Å². The summed E-state index contributed by atoms with van der Waals surface area (Å²) < 4.78 is 68.9. The van der Waals surface area contributed by atoms with Crippen molar-refractivity contribution < 1.29 is 31.1 Å². The van der Waals surface area contributed by atoms with Gasteiger partial charge in [-0.05, 0) is 85.7 Å². The molecule has 3 aromatic rings. The summed E-state index contributed by atoms with van der Waals surface area (Å²) in [6.07, 6.45) is 3.59. The molecule has 2 aliphatic carbocycles. The van der Waals surface area contributed by atoms with Gasteiger partial charge in [-0.3, -0.25) is 9.78 Å². The summed E-state index contributed by atoms with van der Waals surface area (Å²) in [6, 6.07) is 15.4. The van der Waals surface area contributed by atoms with E-state index in [2.05, 4.69) is 9.72 Å². The summed E-state index contributed by atoms with van der Waals surface area (Å²) >= 11 is 0. The summed E-state index contributed by atoms with van der Waals surface area (Å²) in [7, 11) is -4.10. The zero-order valence-corrected chi connectivity index (χ0v) is 20.6. The number of hydrogen-bond donors (Lipinski definition) is 0. The van der Waals surface area contributed by atoms with Crippen molar-refractivity contribution in [1.29, 1.82) is 0 Å². The molecule has 1 heterocycles. The summed E-state index contributed by atoms with van der Waals surface area (Å²) in [5, 5.41) is 0. The van der Waals surface area contributed by atoms with E-state index in [9.17, 15) is 26.4 Å². The molecule has 0 saturated heterocycles. The van der Waals surface area contributed by atoms with E-state index >= 15 is 0 Å². The van der Waals surface area contributed by atoms with Crippen molar-refractivity contribution in [3.63, 3.8) is 0 Å². The third-order valence-corrected chi connectivity index (χ3v) is 9.41. The molecule has 0 radical (unpaired) electrons. The van der Waals surface area contributed by atoms with E-state index in [4.69, 9.17) is 0 Å². The summed E-state index contributed by atoms with van der Waals surface area (Å²) in [5.74, 6) is -1.03. The van der Waals surface area contributed by atoms with E-state index in [1.807, 2.05) is 0 Å². The molecular weight excluding hydrogens is 505 g/mol. The van der Waals surface area contributed by atoms with Gasteiger partial charge in [0.25, 0.3) is 0 Å². The normalized spacial score (nSPS) is 17.3. The quantitative estimate of drug-likeness (QED) is 0.332. The Hall–Kier alpha value is -3.40. The van der Waals surface area contributed by atoms with Crippen LogP contribution < -0.4 is 4.74 Å². The number of ether oxygens (including phenoxy) is 1. The Balaban J connectivity index is 1.53. The predicted octanol–water partition coefficient (Wildman–Crippen LogP) is 5.31. The van der Waals surface area contributed by atoms with Gasteiger partial charge in [-0.15, -0.1) is 0 Å². The number of aromatic nitrogens is 1. The van der Waals surface area contributed by atoms with E-state index in [0.29, 0.717) is 11.3 Å². The molecule has 37 heavy (non-hydrogen) atoms. The first-order valence-electron chi connectivity index (χ1n) is 12.0. The highest BCUT2D eigenvalue weighted by molar-refractivity contribution is 7.94. The molecule has 194 valence electrons. The first-order chi connectivity index (χ1) is 17.7. The summed E-state index contributed by atoms with van der Waals surface area (Å²) in [6.45, 7) is -2.88. The van der Waals surface area contributed by atoms with Gasteiger partial charge in [-0.2, -0.15) is 8.78 Å². The van der Waals surface area contributed by atoms with E-state index in [-0.39, 0.29) is 35.9 Å². The number of benzene rings is 2. The van der Waals surface area contributed by atoms with E-state index in [1.165, 1.54) is 24.3 Å². The van der Waals surface area contributed by atoms with Crippen molar-refractivity contribution in [2.24, 2.45) is 5.92 Å². The van der Waals surface area contributed by atoms with Gasteiger partial charge in [0.05, 0.1) is 23.2 Å². The molecule has 2 aromatic carbocycles. The number of carbonyl (C=O) groups is 1. The summed E-state index contributed by atoms with van der Waals surface area (Å²) in [4.78, 5) is 20.0. The lowest BCUT2D eigenvalue weighted by atomic mass is 9.99. The van der Waals surface area contributed by atoms with Crippen molar-refractivity contribution >= 4 is 15.7 Å². The number of pyridine rings is 1. The minimum absolute atomic E-state index is 0.00606. The second kappa shape index (κ2) is 9.81. The molecule has 5 rings (SSSR count). The molecule has 2 saturated carbocycles. The van der Waals surface area contributed by atoms with Crippen molar-refractivity contribution in [3.8, 4) is 5.75 Å². The fourth-order valence-corrected chi connectivity index (χ4v) is 6.67. The van der Waals surface area contributed by atoms with Gasteiger partial charge in [0, 0.05) is 6.20 Å². The number of carbonyl (C=O) groups excluding carboxylic acids is 1. The lowest BCUT2D eigenvalue weighted by Crippen LogP contribution is -2.46. The number of halogens is 3. The van der Waals surface area contributed by atoms with Crippen molar-refractivity contribution in [1.82, 2.24) is 9.88 Å². The van der Waals surface area contributed by atoms with E-state index in [0.717, 1.165) is 25.0 Å². The third kappa shape index (κ3) is 5.07. The maximum absolute atomic E-state index is 14.2. The number of sulfone groups is 1. The highest BCUT2D eigenvalue weighted by Crippen LogP contribution is 2.52. The molecule has 0 spiro atoms. The zero-order valence-electron chi connectivity index (χ0n) is 19.8. The van der Waals surface area contributed by atoms with Crippen LogP contribution in [0.15, 0.2) is 77.8 Å². The van der Waals surface area contributed by atoms with Gasteiger partial charge in [-0.25, -0.2) is 12.8 Å². The van der Waals surface area contributed by atoms with Crippen LogP contribution in [0.2, 0.25) is 0 Å². The van der Waals surface area contributed by atoms with Crippen molar-refractivity contribution in [2.45, 2.75) is 54.5 Å². The largest absolute Gasteiger partial charge is 0.435 e. The second-order valence-corrected chi connectivity index (χ2v) is 11.7. The fraction of sp³-hybridized carbons (Fsp3) is 0.333. The maximum Gasteiger partial charge on any atom is 0.387 e. The number of alkyl halides is 2. The van der Waals surface area contributed by atoms with Gasteiger partial charge in [-0.1, -0.05) is 18.2 Å². The van der Waals surface area contributed by atoms with Gasteiger partial charge in [0.1, 0.15) is 11.6 Å². The molecule has 1 amide bonds. The highest BCUT2D eigenvalue weighted by atomic mass is 32.2. The Bertz CT molecular complexity index is 1360. The smallest absolute Gasteiger partial charge is 0.387 e. The lowest BCUT2D eigenvalue weighted by Gasteiger charge is -2.35. The summed E-state index contributed by atoms with van der Waals surface area (Å²) in [5.41, 5.74) is 1.29.